The molecule has 0 spiro atoms. The van der Waals surface area contributed by atoms with E-state index in [4.69, 9.17) is 9.47 Å². The second-order valence-electron chi connectivity index (χ2n) is 5.68. The number of methoxy groups -OCH3 is 1. The number of hydrogen-bond donors (Lipinski definition) is 2. The second-order valence-corrected chi connectivity index (χ2v) is 5.68. The van der Waals surface area contributed by atoms with Gasteiger partial charge in [0.15, 0.2) is 18.2 Å². The second kappa shape index (κ2) is 9.70. The normalized spacial score (nSPS) is 16.3. The smallest absolute Gasteiger partial charge is 0.257 e. The lowest BCUT2D eigenvalue weighted by Gasteiger charge is -2.37. The summed E-state index contributed by atoms with van der Waals surface area (Å²) in [4.78, 5) is 11.9. The Balaban J connectivity index is 0.00000264. The van der Waals surface area contributed by atoms with Crippen LogP contribution in [0.3, 0.4) is 0 Å². The van der Waals surface area contributed by atoms with Gasteiger partial charge >= 0.3 is 0 Å². The molecule has 7 heteroatoms. The van der Waals surface area contributed by atoms with Gasteiger partial charge in [-0.3, -0.25) is 4.79 Å². The molecule has 1 aromatic carbocycles. The molecular weight excluding hydrogens is 323 g/mol. The zero-order chi connectivity index (χ0) is 15.8. The molecule has 2 rings (SSSR count). The molecule has 1 fully saturated rings. The molecule has 23 heavy (non-hydrogen) atoms. The Hall–Kier alpha value is -1.37. The zero-order valence-corrected chi connectivity index (χ0v) is 14.1. The third-order valence-corrected chi connectivity index (χ3v) is 3.97. The van der Waals surface area contributed by atoms with E-state index in [0.29, 0.717) is 13.2 Å². The number of nitrogens with one attached hydrogen (secondary N) is 2. The first-order chi connectivity index (χ1) is 10.7. The highest BCUT2D eigenvalue weighted by atomic mass is 35.5. The van der Waals surface area contributed by atoms with Gasteiger partial charge in [0.2, 0.25) is 0 Å². The van der Waals surface area contributed by atoms with Crippen molar-refractivity contribution >= 4 is 18.3 Å². The molecule has 1 heterocycles. The molecule has 5 nitrogen and oxygen atoms in total. The Morgan fingerprint density at radius 1 is 1.35 bits per heavy atom. The van der Waals surface area contributed by atoms with E-state index in [1.807, 2.05) is 0 Å². The molecule has 1 aliphatic heterocycles. The number of carbonyl (C=O) groups is 1. The summed E-state index contributed by atoms with van der Waals surface area (Å²) in [6.45, 7) is 2.81. The van der Waals surface area contributed by atoms with E-state index >= 15 is 0 Å². The number of hydrogen-bond acceptors (Lipinski definition) is 4. The summed E-state index contributed by atoms with van der Waals surface area (Å²) < 4.78 is 23.9. The Kier molecular flexibility index (Phi) is 8.30. The van der Waals surface area contributed by atoms with Crippen LogP contribution in [-0.4, -0.2) is 45.9 Å². The summed E-state index contributed by atoms with van der Waals surface area (Å²) in [7, 11) is 1.67. The van der Waals surface area contributed by atoms with Crippen LogP contribution in [0.5, 0.6) is 5.75 Å². The fraction of sp³-hybridized carbons (Fsp3) is 0.562. The number of rotatable bonds is 7. The van der Waals surface area contributed by atoms with E-state index in [2.05, 4.69) is 10.6 Å². The molecule has 0 bridgehead atoms. The first kappa shape index (κ1) is 19.7. The van der Waals surface area contributed by atoms with E-state index in [1.165, 1.54) is 12.1 Å². The molecule has 1 amide bonds. The minimum absolute atomic E-state index is 0. The molecule has 1 aromatic rings. The minimum Gasteiger partial charge on any atom is -0.481 e. The van der Waals surface area contributed by atoms with Crippen LogP contribution in [0.15, 0.2) is 24.3 Å². The van der Waals surface area contributed by atoms with Crippen molar-refractivity contribution in [3.05, 3.63) is 30.1 Å². The van der Waals surface area contributed by atoms with Gasteiger partial charge in [-0.15, -0.1) is 12.4 Å². The van der Waals surface area contributed by atoms with E-state index in [-0.39, 0.29) is 36.1 Å². The van der Waals surface area contributed by atoms with Gasteiger partial charge in [0.1, 0.15) is 0 Å². The molecule has 0 aliphatic carbocycles. The quantitative estimate of drug-likeness (QED) is 0.790. The standard InChI is InChI=1S/C16H23FN2O3.ClH/c1-21-12-16(6-8-18-9-7-16)11-19-15(20)10-22-14-5-3-2-4-13(14)17;/h2-5,18H,6-12H2,1H3,(H,19,20);1H. The number of ether oxygens (including phenoxy) is 2. The lowest BCUT2D eigenvalue weighted by molar-refractivity contribution is -0.124. The maximum absolute atomic E-state index is 13.4. The lowest BCUT2D eigenvalue weighted by atomic mass is 9.79. The van der Waals surface area contributed by atoms with Gasteiger partial charge < -0.3 is 20.1 Å². The molecule has 0 atom stereocenters. The lowest BCUT2D eigenvalue weighted by Crippen LogP contribution is -2.47. The van der Waals surface area contributed by atoms with Crippen LogP contribution in [0, 0.1) is 11.2 Å². The molecule has 0 radical (unpaired) electrons. The van der Waals surface area contributed by atoms with Crippen molar-refractivity contribution in [3.8, 4) is 5.75 Å². The van der Waals surface area contributed by atoms with Crippen LogP contribution >= 0.6 is 12.4 Å². The van der Waals surface area contributed by atoms with Crippen molar-refractivity contribution in [2.75, 3.05) is 40.0 Å². The third kappa shape index (κ3) is 5.97. The molecule has 130 valence electrons. The summed E-state index contributed by atoms with van der Waals surface area (Å²) in [5.41, 5.74) is -0.0341. The Morgan fingerprint density at radius 2 is 2.04 bits per heavy atom. The molecule has 2 N–H and O–H groups in total. The van der Waals surface area contributed by atoms with Crippen molar-refractivity contribution in [1.82, 2.24) is 10.6 Å². The van der Waals surface area contributed by atoms with E-state index in [0.717, 1.165) is 25.9 Å². The van der Waals surface area contributed by atoms with Crippen molar-refractivity contribution in [1.29, 1.82) is 0 Å². The van der Waals surface area contributed by atoms with Crippen LogP contribution in [0.1, 0.15) is 12.8 Å². The Labute approximate surface area is 142 Å². The monoisotopic (exact) mass is 346 g/mol. The van der Waals surface area contributed by atoms with E-state index < -0.39 is 5.82 Å². The maximum atomic E-state index is 13.4. The first-order valence-corrected chi connectivity index (χ1v) is 7.49. The molecule has 1 saturated heterocycles. The van der Waals surface area contributed by atoms with Gasteiger partial charge in [-0.1, -0.05) is 12.1 Å². The summed E-state index contributed by atoms with van der Waals surface area (Å²) in [5, 5.41) is 6.18. The fourth-order valence-corrected chi connectivity index (χ4v) is 2.68. The number of carbonyl (C=O) groups excluding carboxylic acids is 1. The van der Waals surface area contributed by atoms with Gasteiger partial charge in [0.25, 0.3) is 5.91 Å². The van der Waals surface area contributed by atoms with Crippen molar-refractivity contribution in [3.63, 3.8) is 0 Å². The van der Waals surface area contributed by atoms with E-state index in [9.17, 15) is 9.18 Å². The highest BCUT2D eigenvalue weighted by molar-refractivity contribution is 5.85. The summed E-state index contributed by atoms with van der Waals surface area (Å²) in [6, 6.07) is 6.05. The third-order valence-electron chi connectivity index (χ3n) is 3.97. The summed E-state index contributed by atoms with van der Waals surface area (Å²) in [6.07, 6.45) is 1.91. The number of halogens is 2. The fourth-order valence-electron chi connectivity index (χ4n) is 2.68. The van der Waals surface area contributed by atoms with Crippen molar-refractivity contribution in [2.45, 2.75) is 12.8 Å². The van der Waals surface area contributed by atoms with Crippen molar-refractivity contribution in [2.24, 2.45) is 5.41 Å². The van der Waals surface area contributed by atoms with Crippen LogP contribution in [0.2, 0.25) is 0 Å². The van der Waals surface area contributed by atoms with Crippen molar-refractivity contribution < 1.29 is 18.7 Å². The molecular formula is C16H24ClFN2O3. The maximum Gasteiger partial charge on any atom is 0.257 e. The predicted molar refractivity (Wildman–Crippen MR) is 88.6 cm³/mol. The van der Waals surface area contributed by atoms with Crippen LogP contribution in [-0.2, 0) is 9.53 Å². The molecule has 0 unspecified atom stereocenters. The summed E-state index contributed by atoms with van der Waals surface area (Å²) in [5.74, 6) is -0.632. The van der Waals surface area contributed by atoms with Gasteiger partial charge in [0, 0.05) is 19.1 Å². The molecule has 0 saturated carbocycles. The molecule has 0 aromatic heterocycles. The minimum atomic E-state index is -0.468. The average Bonchev–Trinajstić information content (AvgIpc) is 2.53. The summed E-state index contributed by atoms with van der Waals surface area (Å²) >= 11 is 0. The van der Waals surface area contributed by atoms with Gasteiger partial charge in [-0.25, -0.2) is 4.39 Å². The topological polar surface area (TPSA) is 59.6 Å². The van der Waals surface area contributed by atoms with Crippen LogP contribution in [0.4, 0.5) is 4.39 Å². The zero-order valence-electron chi connectivity index (χ0n) is 13.3. The van der Waals surface area contributed by atoms with Gasteiger partial charge in [-0.05, 0) is 38.1 Å². The Bertz CT molecular complexity index is 490. The van der Waals surface area contributed by atoms with Crippen LogP contribution < -0.4 is 15.4 Å². The predicted octanol–water partition coefficient (Wildman–Crippen LogP) is 1.76. The SMILES string of the molecule is COCC1(CNC(=O)COc2ccccc2F)CCNCC1.Cl. The number of piperidine rings is 1. The van der Waals surface area contributed by atoms with Gasteiger partial charge in [-0.2, -0.15) is 0 Å². The van der Waals surface area contributed by atoms with E-state index in [1.54, 1.807) is 19.2 Å². The average molecular weight is 347 g/mol. The number of benzene rings is 1. The largest absolute Gasteiger partial charge is 0.481 e. The molecule has 1 aliphatic rings. The van der Waals surface area contributed by atoms with Crippen LogP contribution in [0.25, 0.3) is 0 Å². The first-order valence-electron chi connectivity index (χ1n) is 7.49. The highest BCUT2D eigenvalue weighted by Gasteiger charge is 2.32. The Morgan fingerprint density at radius 3 is 2.70 bits per heavy atom. The number of para-hydroxylation sites is 1. The highest BCUT2D eigenvalue weighted by Crippen LogP contribution is 2.28. The number of amides is 1. The van der Waals surface area contributed by atoms with Gasteiger partial charge in [0.05, 0.1) is 6.61 Å².